The number of nitrogens with zero attached hydrogens (tertiary/aromatic N) is 1. The number of hydrogen-bond donors (Lipinski definition) is 1. The van der Waals surface area contributed by atoms with E-state index in [1.807, 2.05) is 54.6 Å². The van der Waals surface area contributed by atoms with Crippen molar-refractivity contribution in [3.63, 3.8) is 0 Å². The van der Waals surface area contributed by atoms with Gasteiger partial charge in [-0.1, -0.05) is 56.3 Å². The van der Waals surface area contributed by atoms with Gasteiger partial charge in [-0.25, -0.2) is 8.42 Å². The van der Waals surface area contributed by atoms with Crippen LogP contribution in [0, 0.1) is 5.92 Å². The number of benzene rings is 3. The first-order valence-electron chi connectivity index (χ1n) is 10.7. The van der Waals surface area contributed by atoms with Gasteiger partial charge in [-0.05, 0) is 59.4 Å². The van der Waals surface area contributed by atoms with E-state index in [-0.39, 0.29) is 11.8 Å². The average Bonchev–Trinajstić information content (AvgIpc) is 2.79. The molecule has 1 saturated heterocycles. The molecule has 0 atom stereocenters. The van der Waals surface area contributed by atoms with Crippen molar-refractivity contribution in [3.05, 3.63) is 72.3 Å². The third kappa shape index (κ3) is 4.65. The predicted octanol–water partition coefficient (Wildman–Crippen LogP) is 5.00. The van der Waals surface area contributed by atoms with Gasteiger partial charge in [0.2, 0.25) is 15.9 Å². The van der Waals surface area contributed by atoms with Gasteiger partial charge in [-0.15, -0.1) is 0 Å². The fraction of sp³-hybridized carbons (Fsp3) is 0.320. The topological polar surface area (TPSA) is 66.5 Å². The van der Waals surface area contributed by atoms with Gasteiger partial charge < -0.3 is 5.32 Å². The molecule has 0 bridgehead atoms. The summed E-state index contributed by atoms with van der Waals surface area (Å²) < 4.78 is 27.7. The summed E-state index contributed by atoms with van der Waals surface area (Å²) in [4.78, 5) is 13.0. The van der Waals surface area contributed by atoms with E-state index in [9.17, 15) is 13.2 Å². The molecule has 1 amide bonds. The van der Waals surface area contributed by atoms with E-state index in [2.05, 4.69) is 19.2 Å². The normalized spacial score (nSPS) is 16.0. The van der Waals surface area contributed by atoms with Crippen LogP contribution < -0.4 is 5.32 Å². The standard InChI is InChI=1S/C25H28N2O3S/c1-18(2)19-7-10-23(11-8-19)26-25(28)21-13-15-27(16-14-21)31(29,30)24-12-9-20-5-3-4-6-22(20)17-24/h3-12,17-18,21H,13-16H2,1-2H3,(H,26,28). The molecule has 1 heterocycles. The van der Waals surface area contributed by atoms with Crippen molar-refractivity contribution in [1.29, 1.82) is 0 Å². The third-order valence-corrected chi connectivity index (χ3v) is 7.92. The number of nitrogens with one attached hydrogen (secondary N) is 1. The molecule has 162 valence electrons. The first-order chi connectivity index (χ1) is 14.8. The minimum atomic E-state index is -3.57. The summed E-state index contributed by atoms with van der Waals surface area (Å²) in [5, 5.41) is 4.89. The summed E-state index contributed by atoms with van der Waals surface area (Å²) >= 11 is 0. The van der Waals surface area contributed by atoms with E-state index in [4.69, 9.17) is 0 Å². The number of hydrogen-bond acceptors (Lipinski definition) is 3. The smallest absolute Gasteiger partial charge is 0.243 e. The summed E-state index contributed by atoms with van der Waals surface area (Å²) in [5.74, 6) is 0.214. The van der Waals surface area contributed by atoms with Crippen LogP contribution in [0.1, 0.15) is 38.2 Å². The van der Waals surface area contributed by atoms with E-state index in [1.54, 1.807) is 12.1 Å². The number of carbonyl (C=O) groups excluding carboxylic acids is 1. The van der Waals surface area contributed by atoms with Crippen molar-refractivity contribution in [2.75, 3.05) is 18.4 Å². The van der Waals surface area contributed by atoms with Gasteiger partial charge in [0.1, 0.15) is 0 Å². The third-order valence-electron chi connectivity index (χ3n) is 6.03. The molecule has 1 fully saturated rings. The molecule has 6 heteroatoms. The Morgan fingerprint density at radius 1 is 0.935 bits per heavy atom. The van der Waals surface area contributed by atoms with Crippen LogP contribution in [0.5, 0.6) is 0 Å². The molecule has 1 aliphatic heterocycles. The minimum absolute atomic E-state index is 0.0416. The van der Waals surface area contributed by atoms with E-state index >= 15 is 0 Å². The summed E-state index contributed by atoms with van der Waals surface area (Å²) in [5.41, 5.74) is 2.01. The van der Waals surface area contributed by atoms with E-state index in [0.29, 0.717) is 36.7 Å². The van der Waals surface area contributed by atoms with Gasteiger partial charge in [-0.3, -0.25) is 4.79 Å². The van der Waals surface area contributed by atoms with Gasteiger partial charge >= 0.3 is 0 Å². The molecule has 1 N–H and O–H groups in total. The molecule has 0 aliphatic carbocycles. The Morgan fingerprint density at radius 2 is 1.58 bits per heavy atom. The first-order valence-corrected chi connectivity index (χ1v) is 12.2. The maximum Gasteiger partial charge on any atom is 0.243 e. The van der Waals surface area contributed by atoms with Gasteiger partial charge in [-0.2, -0.15) is 4.31 Å². The van der Waals surface area contributed by atoms with E-state index in [1.165, 1.54) is 9.87 Å². The van der Waals surface area contributed by atoms with E-state index in [0.717, 1.165) is 16.5 Å². The highest BCUT2D eigenvalue weighted by Gasteiger charge is 2.32. The van der Waals surface area contributed by atoms with Crippen LogP contribution in [0.2, 0.25) is 0 Å². The molecule has 1 aliphatic rings. The highest BCUT2D eigenvalue weighted by Crippen LogP contribution is 2.27. The molecule has 0 aromatic heterocycles. The summed E-state index contributed by atoms with van der Waals surface area (Å²) in [6, 6.07) is 20.8. The molecule has 31 heavy (non-hydrogen) atoms. The number of amides is 1. The largest absolute Gasteiger partial charge is 0.326 e. The zero-order valence-electron chi connectivity index (χ0n) is 17.9. The lowest BCUT2D eigenvalue weighted by Crippen LogP contribution is -2.41. The molecule has 5 nitrogen and oxygen atoms in total. The fourth-order valence-electron chi connectivity index (χ4n) is 4.03. The maximum atomic E-state index is 13.1. The Balaban J connectivity index is 1.39. The summed E-state index contributed by atoms with van der Waals surface area (Å²) in [6.07, 6.45) is 1.03. The summed E-state index contributed by atoms with van der Waals surface area (Å²) in [6.45, 7) is 4.96. The van der Waals surface area contributed by atoms with Crippen molar-refractivity contribution in [2.24, 2.45) is 5.92 Å². The zero-order chi connectivity index (χ0) is 22.0. The Morgan fingerprint density at radius 3 is 2.23 bits per heavy atom. The number of rotatable bonds is 5. The van der Waals surface area contributed by atoms with Crippen LogP contribution in [-0.4, -0.2) is 31.7 Å². The van der Waals surface area contributed by atoms with Crippen molar-refractivity contribution in [1.82, 2.24) is 4.31 Å². The van der Waals surface area contributed by atoms with Crippen LogP contribution >= 0.6 is 0 Å². The SMILES string of the molecule is CC(C)c1ccc(NC(=O)C2CCN(S(=O)(=O)c3ccc4ccccc4c3)CC2)cc1. The van der Waals surface area contributed by atoms with Crippen LogP contribution in [0.4, 0.5) is 5.69 Å². The number of anilines is 1. The highest BCUT2D eigenvalue weighted by molar-refractivity contribution is 7.89. The lowest BCUT2D eigenvalue weighted by Gasteiger charge is -2.30. The lowest BCUT2D eigenvalue weighted by atomic mass is 9.97. The second kappa shape index (κ2) is 8.81. The number of carbonyl (C=O) groups is 1. The van der Waals surface area contributed by atoms with Crippen LogP contribution in [0.15, 0.2) is 71.6 Å². The minimum Gasteiger partial charge on any atom is -0.326 e. The molecule has 3 aromatic carbocycles. The Bertz CT molecular complexity index is 1180. The second-order valence-electron chi connectivity index (χ2n) is 8.45. The quantitative estimate of drug-likeness (QED) is 0.612. The molecule has 4 rings (SSSR count). The number of sulfonamides is 1. The van der Waals surface area contributed by atoms with Crippen LogP contribution in [0.25, 0.3) is 10.8 Å². The van der Waals surface area contributed by atoms with Crippen molar-refractivity contribution in [3.8, 4) is 0 Å². The average molecular weight is 437 g/mol. The molecule has 0 saturated carbocycles. The fourth-order valence-corrected chi connectivity index (χ4v) is 5.54. The highest BCUT2D eigenvalue weighted by atomic mass is 32.2. The Hall–Kier alpha value is -2.70. The number of piperidine rings is 1. The molecule has 0 spiro atoms. The van der Waals surface area contributed by atoms with Crippen LogP contribution in [0.3, 0.4) is 0 Å². The Labute approximate surface area is 184 Å². The first kappa shape index (κ1) is 21.5. The molecule has 0 unspecified atom stereocenters. The molecular weight excluding hydrogens is 408 g/mol. The second-order valence-corrected chi connectivity index (χ2v) is 10.4. The lowest BCUT2D eigenvalue weighted by molar-refractivity contribution is -0.120. The van der Waals surface area contributed by atoms with Crippen molar-refractivity contribution >= 4 is 32.4 Å². The van der Waals surface area contributed by atoms with E-state index < -0.39 is 10.0 Å². The van der Waals surface area contributed by atoms with Gasteiger partial charge in [0.15, 0.2) is 0 Å². The van der Waals surface area contributed by atoms with Gasteiger partial charge in [0.25, 0.3) is 0 Å². The summed E-state index contributed by atoms with van der Waals surface area (Å²) in [7, 11) is -3.57. The monoisotopic (exact) mass is 436 g/mol. The van der Waals surface area contributed by atoms with Crippen LogP contribution in [-0.2, 0) is 14.8 Å². The van der Waals surface area contributed by atoms with Crippen molar-refractivity contribution in [2.45, 2.75) is 37.5 Å². The van der Waals surface area contributed by atoms with Gasteiger partial charge in [0.05, 0.1) is 4.90 Å². The maximum absolute atomic E-state index is 13.1. The molecule has 0 radical (unpaired) electrons. The number of fused-ring (bicyclic) bond motifs is 1. The molecular formula is C25H28N2O3S. The zero-order valence-corrected chi connectivity index (χ0v) is 18.7. The molecule has 3 aromatic rings. The van der Waals surface area contributed by atoms with Gasteiger partial charge in [0, 0.05) is 24.7 Å². The van der Waals surface area contributed by atoms with Crippen molar-refractivity contribution < 1.29 is 13.2 Å². The predicted molar refractivity (Wildman–Crippen MR) is 125 cm³/mol. The Kier molecular flexibility index (Phi) is 6.12.